The predicted octanol–water partition coefficient (Wildman–Crippen LogP) is 2.35. The van der Waals surface area contributed by atoms with Crippen molar-refractivity contribution >= 4 is 17.4 Å². The third-order valence-electron chi connectivity index (χ3n) is 7.65. The molecule has 0 aliphatic carbocycles. The smallest absolute Gasteiger partial charge is 0.295 e. The van der Waals surface area contributed by atoms with Crippen LogP contribution in [0, 0.1) is 0 Å². The largest absolute Gasteiger partial charge is 0.872 e. The van der Waals surface area contributed by atoms with Crippen molar-refractivity contribution in [3.63, 3.8) is 0 Å². The van der Waals surface area contributed by atoms with Gasteiger partial charge in [-0.3, -0.25) is 9.59 Å². The molecule has 1 amide bonds. The van der Waals surface area contributed by atoms with Crippen LogP contribution in [0.15, 0.2) is 42.0 Å². The molecule has 39 heavy (non-hydrogen) atoms. The van der Waals surface area contributed by atoms with E-state index in [9.17, 15) is 14.7 Å². The summed E-state index contributed by atoms with van der Waals surface area (Å²) in [6, 6.07) is 9.82. The van der Waals surface area contributed by atoms with Crippen LogP contribution in [0.25, 0.3) is 5.76 Å². The van der Waals surface area contributed by atoms with Crippen molar-refractivity contribution in [1.82, 2.24) is 4.90 Å². The monoisotopic (exact) mass is 536 g/mol. The van der Waals surface area contributed by atoms with Crippen molar-refractivity contribution in [2.45, 2.75) is 59.1 Å². The van der Waals surface area contributed by atoms with Gasteiger partial charge in [-0.2, -0.15) is 0 Å². The Bertz CT molecular complexity index is 1240. The summed E-state index contributed by atoms with van der Waals surface area (Å²) in [6.45, 7) is 11.6. The molecule has 0 spiro atoms. The van der Waals surface area contributed by atoms with Gasteiger partial charge < -0.3 is 29.1 Å². The van der Waals surface area contributed by atoms with Gasteiger partial charge in [-0.05, 0) is 68.1 Å². The molecule has 0 aromatic heterocycles. The van der Waals surface area contributed by atoms with Gasteiger partial charge in [0.05, 0.1) is 45.9 Å². The van der Waals surface area contributed by atoms with Crippen molar-refractivity contribution in [1.29, 1.82) is 0 Å². The lowest BCUT2D eigenvalue weighted by Gasteiger charge is -2.29. The van der Waals surface area contributed by atoms with E-state index in [4.69, 9.17) is 14.2 Å². The number of nitrogens with zero attached hydrogens (tertiary/aromatic N) is 1. The summed E-state index contributed by atoms with van der Waals surface area (Å²) in [7, 11) is 1.56. The van der Waals surface area contributed by atoms with Gasteiger partial charge in [0.15, 0.2) is 11.5 Å². The van der Waals surface area contributed by atoms with Gasteiger partial charge >= 0.3 is 0 Å². The van der Waals surface area contributed by atoms with Gasteiger partial charge in [-0.15, -0.1) is 0 Å². The van der Waals surface area contributed by atoms with Crippen molar-refractivity contribution < 1.29 is 33.8 Å². The molecule has 8 heteroatoms. The van der Waals surface area contributed by atoms with Crippen molar-refractivity contribution in [3.8, 4) is 17.2 Å². The minimum absolute atomic E-state index is 0.0248. The van der Waals surface area contributed by atoms with Crippen LogP contribution < -0.4 is 24.2 Å². The van der Waals surface area contributed by atoms with Crippen molar-refractivity contribution in [2.75, 3.05) is 39.9 Å². The molecular weight excluding hydrogens is 496 g/mol. The zero-order valence-corrected chi connectivity index (χ0v) is 23.7. The Morgan fingerprint density at radius 2 is 1.87 bits per heavy atom. The fraction of sp³-hybridized carbons (Fsp3) is 0.484. The molecule has 2 atom stereocenters. The number of nitrogens with one attached hydrogen (secondary N) is 1. The normalized spacial score (nSPS) is 19.9. The Morgan fingerprint density at radius 3 is 2.56 bits per heavy atom. The second-order valence-corrected chi connectivity index (χ2v) is 10.2. The Labute approximate surface area is 231 Å². The van der Waals surface area contributed by atoms with Crippen LogP contribution >= 0.6 is 0 Å². The summed E-state index contributed by atoms with van der Waals surface area (Å²) in [4.78, 5) is 29.7. The molecular formula is C31H40N2O6. The number of methoxy groups -OCH3 is 1. The summed E-state index contributed by atoms with van der Waals surface area (Å²) in [5.74, 6) is 0.0229. The standard InChI is InChI=1S/C31H40N2O6/c1-6-9-16-38-25-13-10-21(19-26(25)37-5)28-27(30(35)31(36)33(28)15-14-32(7-2)8-3)29(34)22-11-12-24-23(18-22)17-20(4)39-24/h10-13,18-20,28,34H,6-9,14-17H2,1-5H3. The number of ether oxygens (including phenoxy) is 3. The molecule has 0 bridgehead atoms. The molecule has 2 unspecified atom stereocenters. The first-order chi connectivity index (χ1) is 18.8. The Kier molecular flexibility index (Phi) is 9.17. The number of quaternary nitrogens is 1. The van der Waals surface area contributed by atoms with Gasteiger partial charge in [0.25, 0.3) is 5.91 Å². The number of carbonyl (C=O) groups is 2. The number of fused-ring (bicyclic) bond motifs is 1. The first-order valence-corrected chi connectivity index (χ1v) is 14.0. The number of hydrogen-bond donors (Lipinski definition) is 1. The number of unbranched alkanes of at least 4 members (excludes halogenated alkanes) is 1. The predicted molar refractivity (Wildman–Crippen MR) is 147 cm³/mol. The molecule has 2 aromatic rings. The van der Waals surface area contributed by atoms with Crippen LogP contribution in [0.2, 0.25) is 0 Å². The highest BCUT2D eigenvalue weighted by atomic mass is 16.5. The highest BCUT2D eigenvalue weighted by Crippen LogP contribution is 2.42. The number of likely N-dealkylation sites (tertiary alicyclic amines) is 1. The lowest BCUT2D eigenvalue weighted by Crippen LogP contribution is -3.12. The molecule has 0 radical (unpaired) electrons. The van der Waals surface area contributed by atoms with Gasteiger partial charge in [0.2, 0.25) is 5.78 Å². The lowest BCUT2D eigenvalue weighted by molar-refractivity contribution is -0.895. The highest BCUT2D eigenvalue weighted by molar-refractivity contribution is 6.46. The summed E-state index contributed by atoms with van der Waals surface area (Å²) in [5, 5.41) is 13.9. The summed E-state index contributed by atoms with van der Waals surface area (Å²) in [6.07, 6.45) is 2.64. The van der Waals surface area contributed by atoms with Gasteiger partial charge in [-0.1, -0.05) is 31.2 Å². The molecule has 1 fully saturated rings. The molecule has 2 aliphatic heterocycles. The topological polar surface area (TPSA) is 92.6 Å². The van der Waals surface area contributed by atoms with E-state index in [1.807, 2.05) is 13.0 Å². The number of Topliss-reactive ketones (excluding diaryl/α,β-unsaturated/α-hetero) is 1. The van der Waals surface area contributed by atoms with E-state index < -0.39 is 23.5 Å². The molecule has 0 saturated carbocycles. The molecule has 8 nitrogen and oxygen atoms in total. The number of ketones is 1. The van der Waals surface area contributed by atoms with E-state index in [1.165, 1.54) is 4.90 Å². The number of hydrogen-bond acceptors (Lipinski definition) is 6. The molecule has 2 aromatic carbocycles. The minimum Gasteiger partial charge on any atom is -0.872 e. The first kappa shape index (κ1) is 28.5. The van der Waals surface area contributed by atoms with E-state index in [0.717, 1.165) is 37.2 Å². The van der Waals surface area contributed by atoms with E-state index in [-0.39, 0.29) is 11.7 Å². The maximum atomic E-state index is 13.9. The number of rotatable bonds is 12. The van der Waals surface area contributed by atoms with Crippen LogP contribution in [-0.4, -0.2) is 62.6 Å². The van der Waals surface area contributed by atoms with E-state index >= 15 is 0 Å². The van der Waals surface area contributed by atoms with Crippen LogP contribution in [0.3, 0.4) is 0 Å². The van der Waals surface area contributed by atoms with Crippen LogP contribution in [0.5, 0.6) is 17.2 Å². The first-order valence-electron chi connectivity index (χ1n) is 14.0. The number of carbonyl (C=O) groups excluding carboxylic acids is 2. The SMILES string of the molecule is CCCCOc1ccc(C2C(=C([O-])c3ccc4c(c3)CC(C)O4)C(=O)C(=O)N2CC[NH+](CC)CC)cc1OC. The summed E-state index contributed by atoms with van der Waals surface area (Å²) in [5.41, 5.74) is 1.93. The van der Waals surface area contributed by atoms with Crippen molar-refractivity contribution in [3.05, 3.63) is 58.7 Å². The van der Waals surface area contributed by atoms with Gasteiger partial charge in [0, 0.05) is 12.0 Å². The Hall–Kier alpha value is -3.52. The quantitative estimate of drug-likeness (QED) is 0.194. The Balaban J connectivity index is 1.78. The average molecular weight is 537 g/mol. The molecule has 2 aliphatic rings. The second-order valence-electron chi connectivity index (χ2n) is 10.2. The number of benzene rings is 2. The molecule has 210 valence electrons. The molecule has 1 saturated heterocycles. The zero-order valence-electron chi connectivity index (χ0n) is 23.7. The van der Waals surface area contributed by atoms with Crippen LogP contribution in [-0.2, 0) is 16.0 Å². The lowest BCUT2D eigenvalue weighted by atomic mass is 9.94. The van der Waals surface area contributed by atoms with Gasteiger partial charge in [0.1, 0.15) is 11.9 Å². The van der Waals surface area contributed by atoms with E-state index in [0.29, 0.717) is 48.7 Å². The fourth-order valence-corrected chi connectivity index (χ4v) is 5.35. The van der Waals surface area contributed by atoms with Crippen molar-refractivity contribution in [2.24, 2.45) is 0 Å². The summed E-state index contributed by atoms with van der Waals surface area (Å²) >= 11 is 0. The summed E-state index contributed by atoms with van der Waals surface area (Å²) < 4.78 is 17.3. The number of amides is 1. The van der Waals surface area contributed by atoms with Gasteiger partial charge in [-0.25, -0.2) is 0 Å². The zero-order chi connectivity index (χ0) is 28.1. The van der Waals surface area contributed by atoms with E-state index in [1.54, 1.807) is 42.3 Å². The third kappa shape index (κ3) is 5.91. The molecule has 4 rings (SSSR count). The van der Waals surface area contributed by atoms with Crippen LogP contribution in [0.4, 0.5) is 0 Å². The molecule has 2 heterocycles. The fourth-order valence-electron chi connectivity index (χ4n) is 5.35. The maximum Gasteiger partial charge on any atom is 0.295 e. The highest BCUT2D eigenvalue weighted by Gasteiger charge is 2.44. The second kappa shape index (κ2) is 12.6. The van der Waals surface area contributed by atoms with Crippen LogP contribution in [0.1, 0.15) is 63.3 Å². The number of likely N-dealkylation sites (N-methyl/N-ethyl adjacent to an activating group) is 1. The minimum atomic E-state index is -0.811. The van der Waals surface area contributed by atoms with E-state index in [2.05, 4.69) is 20.8 Å². The Morgan fingerprint density at radius 1 is 1.10 bits per heavy atom. The molecule has 1 N–H and O–H groups in total. The average Bonchev–Trinajstić information content (AvgIpc) is 3.44. The third-order valence-corrected chi connectivity index (χ3v) is 7.65. The maximum absolute atomic E-state index is 13.9.